The number of carbonyl (C=O) groups is 2. The predicted molar refractivity (Wildman–Crippen MR) is 119 cm³/mol. The average Bonchev–Trinajstić information content (AvgIpc) is 3.46. The van der Waals surface area contributed by atoms with E-state index < -0.39 is 0 Å². The van der Waals surface area contributed by atoms with E-state index in [1.165, 1.54) is 30.2 Å². The van der Waals surface area contributed by atoms with Gasteiger partial charge in [0.25, 0.3) is 5.91 Å². The van der Waals surface area contributed by atoms with Crippen LogP contribution in [0.2, 0.25) is 0 Å². The third-order valence-corrected chi connectivity index (χ3v) is 6.23. The van der Waals surface area contributed by atoms with Crippen molar-refractivity contribution in [1.29, 1.82) is 0 Å². The van der Waals surface area contributed by atoms with Crippen molar-refractivity contribution in [3.05, 3.63) is 42.0 Å². The number of hydrogen-bond acceptors (Lipinski definition) is 10. The van der Waals surface area contributed by atoms with Gasteiger partial charge in [-0.25, -0.2) is 0 Å². The first-order chi connectivity index (χ1) is 15.6. The smallest absolute Gasteiger partial charge is 0.257 e. The molecular weight excluding hydrogens is 456 g/mol. The van der Waals surface area contributed by atoms with Gasteiger partial charge in [-0.3, -0.25) is 14.9 Å². The Morgan fingerprint density at radius 2 is 1.84 bits per heavy atom. The minimum absolute atomic E-state index is 0.124. The molecule has 12 heteroatoms. The van der Waals surface area contributed by atoms with Crippen LogP contribution in [0.3, 0.4) is 0 Å². The van der Waals surface area contributed by atoms with E-state index in [-0.39, 0.29) is 24.4 Å². The number of carbonyl (C=O) groups excluding carboxylic acids is 2. The highest BCUT2D eigenvalue weighted by Crippen LogP contribution is 2.33. The van der Waals surface area contributed by atoms with Gasteiger partial charge in [-0.1, -0.05) is 23.1 Å². The maximum atomic E-state index is 12.4. The molecule has 0 aliphatic carbocycles. The lowest BCUT2D eigenvalue weighted by molar-refractivity contribution is -0.113. The number of rotatable bonds is 8. The number of ether oxygens (including phenoxy) is 4. The molecule has 0 unspecified atom stereocenters. The molecule has 0 atom stereocenters. The van der Waals surface area contributed by atoms with Crippen molar-refractivity contribution in [2.75, 3.05) is 37.4 Å². The summed E-state index contributed by atoms with van der Waals surface area (Å²) in [4.78, 5) is 24.7. The van der Waals surface area contributed by atoms with Crippen LogP contribution in [0.15, 0.2) is 40.7 Å². The van der Waals surface area contributed by atoms with Crippen LogP contribution in [0.5, 0.6) is 23.0 Å². The van der Waals surface area contributed by atoms with Gasteiger partial charge in [0.15, 0.2) is 27.3 Å². The van der Waals surface area contributed by atoms with Crippen molar-refractivity contribution in [1.82, 2.24) is 10.2 Å². The van der Waals surface area contributed by atoms with Crippen molar-refractivity contribution in [3.63, 3.8) is 0 Å². The molecule has 0 bridgehead atoms. The Morgan fingerprint density at radius 1 is 1.03 bits per heavy atom. The SMILES string of the molecule is COc1ccc(NC(=O)CSc2nnc(NC(=O)c3ccc4c(c3)OCO4)s2)cc1OC. The van der Waals surface area contributed by atoms with Gasteiger partial charge in [0.05, 0.1) is 20.0 Å². The molecule has 0 spiro atoms. The van der Waals surface area contributed by atoms with E-state index in [1.807, 2.05) is 0 Å². The topological polar surface area (TPSA) is 121 Å². The van der Waals surface area contributed by atoms with Crippen LogP contribution >= 0.6 is 23.1 Å². The maximum absolute atomic E-state index is 12.4. The van der Waals surface area contributed by atoms with E-state index in [2.05, 4.69) is 20.8 Å². The minimum Gasteiger partial charge on any atom is -0.493 e. The zero-order valence-corrected chi connectivity index (χ0v) is 18.7. The van der Waals surface area contributed by atoms with E-state index in [0.29, 0.717) is 43.7 Å². The Morgan fingerprint density at radius 3 is 2.66 bits per heavy atom. The van der Waals surface area contributed by atoms with Crippen LogP contribution in [0.1, 0.15) is 10.4 Å². The first kappa shape index (κ1) is 21.7. The van der Waals surface area contributed by atoms with Gasteiger partial charge in [-0.05, 0) is 30.3 Å². The second kappa shape index (κ2) is 9.75. The third-order valence-electron chi connectivity index (χ3n) is 4.26. The summed E-state index contributed by atoms with van der Waals surface area (Å²) in [6.07, 6.45) is 0. The number of aromatic nitrogens is 2. The monoisotopic (exact) mass is 474 g/mol. The quantitative estimate of drug-likeness (QED) is 0.374. The molecule has 2 N–H and O–H groups in total. The minimum atomic E-state index is -0.345. The number of anilines is 2. The number of nitrogens with zero attached hydrogens (tertiary/aromatic N) is 2. The van der Waals surface area contributed by atoms with Gasteiger partial charge in [-0.15, -0.1) is 10.2 Å². The predicted octanol–water partition coefficient (Wildman–Crippen LogP) is 3.27. The first-order valence-electron chi connectivity index (χ1n) is 9.25. The highest BCUT2D eigenvalue weighted by molar-refractivity contribution is 8.01. The third kappa shape index (κ3) is 5.03. The van der Waals surface area contributed by atoms with Crippen molar-refractivity contribution in [3.8, 4) is 23.0 Å². The number of methoxy groups -OCH3 is 2. The van der Waals surface area contributed by atoms with Crippen LogP contribution < -0.4 is 29.6 Å². The van der Waals surface area contributed by atoms with E-state index >= 15 is 0 Å². The summed E-state index contributed by atoms with van der Waals surface area (Å²) < 4.78 is 21.5. The van der Waals surface area contributed by atoms with Gasteiger partial charge in [0, 0.05) is 17.3 Å². The van der Waals surface area contributed by atoms with Gasteiger partial charge in [-0.2, -0.15) is 0 Å². The van der Waals surface area contributed by atoms with Crippen molar-refractivity contribution in [2.45, 2.75) is 4.34 Å². The fourth-order valence-electron chi connectivity index (χ4n) is 2.76. The molecule has 10 nitrogen and oxygen atoms in total. The Balaban J connectivity index is 1.29. The van der Waals surface area contributed by atoms with E-state index in [1.54, 1.807) is 43.5 Å². The standard InChI is InChI=1S/C20H18N4O6S2/c1-27-13-6-4-12(8-15(13)28-2)21-17(25)9-31-20-24-23-19(32-20)22-18(26)11-3-5-14-16(7-11)30-10-29-14/h3-8H,9-10H2,1-2H3,(H,21,25)(H,22,23,26). The molecular formula is C20H18N4O6S2. The van der Waals surface area contributed by atoms with Crippen LogP contribution in [0.25, 0.3) is 0 Å². The molecule has 4 rings (SSSR count). The molecule has 2 heterocycles. The van der Waals surface area contributed by atoms with Crippen molar-refractivity contribution in [2.24, 2.45) is 0 Å². The second-order valence-electron chi connectivity index (χ2n) is 6.30. The van der Waals surface area contributed by atoms with E-state index in [0.717, 1.165) is 0 Å². The Hall–Kier alpha value is -3.51. The first-order valence-corrected chi connectivity index (χ1v) is 11.0. The molecule has 166 valence electrons. The molecule has 0 radical (unpaired) electrons. The Bertz CT molecular complexity index is 1150. The molecule has 1 aromatic heterocycles. The Labute approximate surface area is 191 Å². The Kier molecular flexibility index (Phi) is 6.61. The van der Waals surface area contributed by atoms with Crippen molar-refractivity contribution < 1.29 is 28.5 Å². The van der Waals surface area contributed by atoms with Crippen molar-refractivity contribution >= 4 is 45.7 Å². The number of thioether (sulfide) groups is 1. The molecule has 2 aromatic carbocycles. The molecule has 3 aromatic rings. The van der Waals surface area contributed by atoms with E-state index in [4.69, 9.17) is 18.9 Å². The zero-order valence-electron chi connectivity index (χ0n) is 17.0. The summed E-state index contributed by atoms with van der Waals surface area (Å²) in [5.41, 5.74) is 0.996. The number of nitrogens with one attached hydrogen (secondary N) is 2. The molecule has 2 amide bonds. The zero-order chi connectivity index (χ0) is 22.5. The molecule has 1 aliphatic heterocycles. The summed E-state index contributed by atoms with van der Waals surface area (Å²) in [5, 5.41) is 13.8. The normalized spacial score (nSPS) is 11.7. The van der Waals surface area contributed by atoms with Crippen LogP contribution in [-0.4, -0.2) is 48.8 Å². The van der Waals surface area contributed by atoms with Gasteiger partial charge in [0.2, 0.25) is 17.8 Å². The molecule has 1 aliphatic rings. The molecule has 0 saturated heterocycles. The summed E-state index contributed by atoms with van der Waals surface area (Å²) >= 11 is 2.39. The lowest BCUT2D eigenvalue weighted by atomic mass is 10.2. The number of benzene rings is 2. The van der Waals surface area contributed by atoms with Gasteiger partial charge in [0.1, 0.15) is 0 Å². The summed E-state index contributed by atoms with van der Waals surface area (Å²) in [7, 11) is 3.07. The average molecular weight is 475 g/mol. The summed E-state index contributed by atoms with van der Waals surface area (Å²) in [5.74, 6) is 1.77. The largest absolute Gasteiger partial charge is 0.493 e. The highest BCUT2D eigenvalue weighted by Gasteiger charge is 2.17. The highest BCUT2D eigenvalue weighted by atomic mass is 32.2. The second-order valence-corrected chi connectivity index (χ2v) is 8.50. The number of hydrogen-bond donors (Lipinski definition) is 2. The van der Waals surface area contributed by atoms with Crippen LogP contribution in [0.4, 0.5) is 10.8 Å². The van der Waals surface area contributed by atoms with Crippen LogP contribution in [0, 0.1) is 0 Å². The number of fused-ring (bicyclic) bond motifs is 1. The molecule has 0 fully saturated rings. The fourth-order valence-corrected chi connectivity index (χ4v) is 4.31. The lowest BCUT2D eigenvalue weighted by Gasteiger charge is -2.10. The van der Waals surface area contributed by atoms with Gasteiger partial charge < -0.3 is 24.3 Å². The number of amides is 2. The van der Waals surface area contributed by atoms with E-state index in [9.17, 15) is 9.59 Å². The molecule has 32 heavy (non-hydrogen) atoms. The summed E-state index contributed by atoms with van der Waals surface area (Å²) in [6, 6.07) is 10.0. The fraction of sp³-hybridized carbons (Fsp3) is 0.200. The lowest BCUT2D eigenvalue weighted by Crippen LogP contribution is -2.14. The van der Waals surface area contributed by atoms with Crippen LogP contribution in [-0.2, 0) is 4.79 Å². The molecule has 0 saturated carbocycles. The van der Waals surface area contributed by atoms with Gasteiger partial charge >= 0.3 is 0 Å². The maximum Gasteiger partial charge on any atom is 0.257 e. The summed E-state index contributed by atoms with van der Waals surface area (Å²) in [6.45, 7) is 0.136.